The number of hydrogen-bond donors (Lipinski definition) is 2. The maximum atomic E-state index is 12.0. The maximum Gasteiger partial charge on any atom is 0.315 e. The monoisotopic (exact) mass is 317 g/mol. The van der Waals surface area contributed by atoms with Crippen molar-refractivity contribution in [3.63, 3.8) is 0 Å². The summed E-state index contributed by atoms with van der Waals surface area (Å²) in [5.41, 5.74) is 1.30. The van der Waals surface area contributed by atoms with Gasteiger partial charge < -0.3 is 15.5 Å². The van der Waals surface area contributed by atoms with Crippen LogP contribution < -0.4 is 10.6 Å². The number of benzene rings is 1. The molecule has 0 radical (unpaired) electrons. The maximum absolute atomic E-state index is 12.0. The Kier molecular flexibility index (Phi) is 7.95. The highest BCUT2D eigenvalue weighted by Gasteiger charge is 2.13. The van der Waals surface area contributed by atoms with Crippen molar-refractivity contribution in [3.05, 3.63) is 35.9 Å². The Labute approximate surface area is 140 Å². The molecule has 128 valence electrons. The molecule has 1 saturated carbocycles. The van der Waals surface area contributed by atoms with E-state index in [2.05, 4.69) is 46.8 Å². The Morgan fingerprint density at radius 2 is 1.74 bits per heavy atom. The summed E-state index contributed by atoms with van der Waals surface area (Å²) in [5.74, 6) is 0. The highest BCUT2D eigenvalue weighted by atomic mass is 16.2. The van der Waals surface area contributed by atoms with Gasteiger partial charge in [0.25, 0.3) is 0 Å². The van der Waals surface area contributed by atoms with Crippen LogP contribution in [0, 0.1) is 0 Å². The van der Waals surface area contributed by atoms with Gasteiger partial charge in [-0.1, -0.05) is 62.4 Å². The first-order chi connectivity index (χ1) is 11.2. The molecule has 2 amide bonds. The van der Waals surface area contributed by atoms with Crippen molar-refractivity contribution in [1.29, 1.82) is 0 Å². The van der Waals surface area contributed by atoms with Gasteiger partial charge >= 0.3 is 6.03 Å². The van der Waals surface area contributed by atoms with E-state index in [0.717, 1.165) is 25.9 Å². The number of nitrogens with one attached hydrogen (secondary N) is 2. The van der Waals surface area contributed by atoms with E-state index in [1.165, 1.54) is 37.7 Å². The van der Waals surface area contributed by atoms with E-state index >= 15 is 0 Å². The van der Waals surface area contributed by atoms with Crippen molar-refractivity contribution < 1.29 is 4.79 Å². The highest BCUT2D eigenvalue weighted by molar-refractivity contribution is 5.74. The van der Waals surface area contributed by atoms with E-state index in [0.29, 0.717) is 12.6 Å². The van der Waals surface area contributed by atoms with Crippen LogP contribution in [0.1, 0.15) is 50.5 Å². The molecule has 1 aromatic rings. The van der Waals surface area contributed by atoms with Crippen LogP contribution in [0.4, 0.5) is 4.79 Å². The SMILES string of the molecule is CN(CCNC(=O)NC1CCCCCCC1)Cc1ccccc1. The summed E-state index contributed by atoms with van der Waals surface area (Å²) >= 11 is 0. The van der Waals surface area contributed by atoms with E-state index in [1.54, 1.807) is 0 Å². The van der Waals surface area contributed by atoms with Gasteiger partial charge in [0.1, 0.15) is 0 Å². The molecule has 4 heteroatoms. The molecule has 1 fully saturated rings. The minimum absolute atomic E-state index is 0.0105. The number of likely N-dealkylation sites (N-methyl/N-ethyl adjacent to an activating group) is 1. The first-order valence-electron chi connectivity index (χ1n) is 9.01. The van der Waals surface area contributed by atoms with E-state index in [4.69, 9.17) is 0 Å². The van der Waals surface area contributed by atoms with Gasteiger partial charge in [-0.05, 0) is 25.5 Å². The van der Waals surface area contributed by atoms with Gasteiger partial charge in [-0.2, -0.15) is 0 Å². The molecule has 23 heavy (non-hydrogen) atoms. The second-order valence-corrected chi connectivity index (χ2v) is 6.67. The summed E-state index contributed by atoms with van der Waals surface area (Å²) in [7, 11) is 2.08. The molecule has 0 aliphatic heterocycles. The minimum atomic E-state index is -0.0105. The van der Waals surface area contributed by atoms with E-state index < -0.39 is 0 Å². The first kappa shape index (κ1) is 17.8. The predicted molar refractivity (Wildman–Crippen MR) is 95.4 cm³/mol. The Balaban J connectivity index is 1.60. The average Bonchev–Trinajstić information content (AvgIpc) is 2.51. The lowest BCUT2D eigenvalue weighted by atomic mass is 9.97. The molecule has 0 aromatic heterocycles. The molecule has 0 bridgehead atoms. The minimum Gasteiger partial charge on any atom is -0.337 e. The smallest absolute Gasteiger partial charge is 0.315 e. The molecule has 0 saturated heterocycles. The van der Waals surface area contributed by atoms with Gasteiger partial charge in [0.05, 0.1) is 0 Å². The van der Waals surface area contributed by atoms with Gasteiger partial charge in [-0.15, -0.1) is 0 Å². The molecular formula is C19H31N3O. The van der Waals surface area contributed by atoms with Crippen molar-refractivity contribution in [3.8, 4) is 0 Å². The quantitative estimate of drug-likeness (QED) is 0.843. The summed E-state index contributed by atoms with van der Waals surface area (Å²) in [6, 6.07) is 10.8. The number of hydrogen-bond acceptors (Lipinski definition) is 2. The van der Waals surface area contributed by atoms with Crippen LogP contribution in [-0.4, -0.2) is 37.1 Å². The number of carbonyl (C=O) groups is 1. The van der Waals surface area contributed by atoms with Crippen molar-refractivity contribution in [1.82, 2.24) is 15.5 Å². The zero-order chi connectivity index (χ0) is 16.3. The number of amides is 2. The molecule has 2 N–H and O–H groups in total. The molecule has 2 rings (SSSR count). The van der Waals surface area contributed by atoms with Gasteiger partial charge in [-0.3, -0.25) is 0 Å². The van der Waals surface area contributed by atoms with Crippen molar-refractivity contribution in [2.24, 2.45) is 0 Å². The number of urea groups is 1. The van der Waals surface area contributed by atoms with Gasteiger partial charge in [0, 0.05) is 25.7 Å². The summed E-state index contributed by atoms with van der Waals surface area (Å²) in [5, 5.41) is 6.13. The van der Waals surface area contributed by atoms with Crippen molar-refractivity contribution in [2.75, 3.05) is 20.1 Å². The topological polar surface area (TPSA) is 44.4 Å². The summed E-state index contributed by atoms with van der Waals surface area (Å²) in [6.07, 6.45) is 8.71. The number of nitrogens with zero attached hydrogens (tertiary/aromatic N) is 1. The van der Waals surface area contributed by atoms with Crippen LogP contribution in [0.2, 0.25) is 0 Å². The average molecular weight is 317 g/mol. The van der Waals surface area contributed by atoms with Crippen molar-refractivity contribution in [2.45, 2.75) is 57.5 Å². The van der Waals surface area contributed by atoms with Crippen LogP contribution in [0.25, 0.3) is 0 Å². The third kappa shape index (κ3) is 7.51. The van der Waals surface area contributed by atoms with Crippen LogP contribution in [-0.2, 0) is 6.54 Å². The molecular weight excluding hydrogens is 286 g/mol. The van der Waals surface area contributed by atoms with Crippen molar-refractivity contribution >= 4 is 6.03 Å². The Bertz CT molecular complexity index is 441. The molecule has 0 spiro atoms. The van der Waals surface area contributed by atoms with Crippen LogP contribution in [0.3, 0.4) is 0 Å². The Morgan fingerprint density at radius 3 is 2.43 bits per heavy atom. The van der Waals surface area contributed by atoms with Gasteiger partial charge in [-0.25, -0.2) is 4.79 Å². The zero-order valence-corrected chi connectivity index (χ0v) is 14.4. The lowest BCUT2D eigenvalue weighted by molar-refractivity contribution is 0.231. The summed E-state index contributed by atoms with van der Waals surface area (Å²) < 4.78 is 0. The van der Waals surface area contributed by atoms with Crippen LogP contribution >= 0.6 is 0 Å². The third-order valence-corrected chi connectivity index (χ3v) is 4.51. The lowest BCUT2D eigenvalue weighted by Gasteiger charge is -2.22. The Hall–Kier alpha value is -1.55. The molecule has 0 unspecified atom stereocenters. The summed E-state index contributed by atoms with van der Waals surface area (Å²) in [6.45, 7) is 2.45. The van der Waals surface area contributed by atoms with Crippen LogP contribution in [0.15, 0.2) is 30.3 Å². The fraction of sp³-hybridized carbons (Fsp3) is 0.632. The molecule has 0 heterocycles. The fourth-order valence-electron chi connectivity index (χ4n) is 3.17. The number of rotatable bonds is 6. The molecule has 1 aliphatic carbocycles. The number of carbonyl (C=O) groups excluding carboxylic acids is 1. The van der Waals surface area contributed by atoms with E-state index in [9.17, 15) is 4.79 Å². The normalized spacial score (nSPS) is 16.6. The third-order valence-electron chi connectivity index (χ3n) is 4.51. The zero-order valence-electron chi connectivity index (χ0n) is 14.4. The molecule has 0 atom stereocenters. The largest absolute Gasteiger partial charge is 0.337 e. The molecule has 4 nitrogen and oxygen atoms in total. The standard InChI is InChI=1S/C19H31N3O/c1-22(16-17-10-6-5-7-11-17)15-14-20-19(23)21-18-12-8-3-2-4-9-13-18/h5-7,10-11,18H,2-4,8-9,12-16H2,1H3,(H2,20,21,23). The predicted octanol–water partition coefficient (Wildman–Crippen LogP) is 3.53. The summed E-state index contributed by atoms with van der Waals surface area (Å²) in [4.78, 5) is 14.2. The van der Waals surface area contributed by atoms with Gasteiger partial charge in [0.15, 0.2) is 0 Å². The molecule has 1 aliphatic rings. The Morgan fingerprint density at radius 1 is 1.09 bits per heavy atom. The van der Waals surface area contributed by atoms with E-state index in [-0.39, 0.29) is 6.03 Å². The second-order valence-electron chi connectivity index (χ2n) is 6.67. The highest BCUT2D eigenvalue weighted by Crippen LogP contribution is 2.16. The van der Waals surface area contributed by atoms with E-state index in [1.807, 2.05) is 6.07 Å². The fourth-order valence-corrected chi connectivity index (χ4v) is 3.17. The van der Waals surface area contributed by atoms with Gasteiger partial charge in [0.2, 0.25) is 0 Å². The first-order valence-corrected chi connectivity index (χ1v) is 9.01. The second kappa shape index (κ2) is 10.3. The van der Waals surface area contributed by atoms with Crippen LogP contribution in [0.5, 0.6) is 0 Å². The lowest BCUT2D eigenvalue weighted by Crippen LogP contribution is -2.44. The molecule has 1 aromatic carbocycles.